The predicted octanol–water partition coefficient (Wildman–Crippen LogP) is 5.55. The van der Waals surface area contributed by atoms with Crippen LogP contribution in [0.3, 0.4) is 0 Å². The molecule has 0 bridgehead atoms. The number of amides is 1. The Labute approximate surface area is 152 Å². The number of thioether (sulfide) groups is 1. The fourth-order valence-electron chi connectivity index (χ4n) is 1.69. The maximum absolute atomic E-state index is 12.7. The molecule has 0 radical (unpaired) electrons. The Balaban J connectivity index is 2.10. The Morgan fingerprint density at radius 3 is 2.50 bits per heavy atom. The minimum atomic E-state index is -2.30. The van der Waals surface area contributed by atoms with E-state index in [0.717, 1.165) is 27.6 Å². The van der Waals surface area contributed by atoms with Gasteiger partial charge in [-0.15, -0.1) is 10.2 Å². The van der Waals surface area contributed by atoms with Gasteiger partial charge in [-0.1, -0.05) is 39.0 Å². The van der Waals surface area contributed by atoms with Crippen LogP contribution < -0.4 is 4.90 Å². The molecule has 0 saturated carbocycles. The fourth-order valence-corrected chi connectivity index (χ4v) is 3.86. The van der Waals surface area contributed by atoms with Gasteiger partial charge in [0.1, 0.15) is 0 Å². The summed E-state index contributed by atoms with van der Waals surface area (Å²) in [6, 6.07) is 7.10. The lowest BCUT2D eigenvalue weighted by Gasteiger charge is -2.17. The molecule has 0 N–H and O–H groups in total. The standard InChI is InChI=1S/C14H11BrF3N3OS2/c1-8(22)21(10-4-2-9(15)3-5-10)13-19-20-14(24-13)23-7-6-11(16)12(17)18/h2-5H,6-7H2,1H3. The SMILES string of the molecule is CC(=O)N(c1ccc(Br)cc1)c1nnc(SCCC(F)=C(F)F)s1. The zero-order valence-electron chi connectivity index (χ0n) is 12.3. The van der Waals surface area contributed by atoms with E-state index in [9.17, 15) is 18.0 Å². The Morgan fingerprint density at radius 2 is 1.92 bits per heavy atom. The van der Waals surface area contributed by atoms with E-state index in [1.807, 2.05) is 0 Å². The summed E-state index contributed by atoms with van der Waals surface area (Å²) in [5.41, 5.74) is 0.631. The summed E-state index contributed by atoms with van der Waals surface area (Å²) in [5, 5.41) is 8.22. The number of hydrogen-bond donors (Lipinski definition) is 0. The number of benzene rings is 1. The van der Waals surface area contributed by atoms with E-state index in [0.29, 0.717) is 15.2 Å². The number of carbonyl (C=O) groups excluding carboxylic acids is 1. The van der Waals surface area contributed by atoms with Crippen molar-refractivity contribution in [2.75, 3.05) is 10.7 Å². The topological polar surface area (TPSA) is 46.1 Å². The molecular formula is C14H11BrF3N3OS2. The minimum absolute atomic E-state index is 0.107. The van der Waals surface area contributed by atoms with Gasteiger partial charge in [0, 0.05) is 23.6 Å². The summed E-state index contributed by atoms with van der Waals surface area (Å²) in [6.07, 6.45) is -2.68. The zero-order chi connectivity index (χ0) is 17.7. The van der Waals surface area contributed by atoms with Crippen molar-refractivity contribution in [2.45, 2.75) is 17.7 Å². The fraction of sp³-hybridized carbons (Fsp3) is 0.214. The maximum Gasteiger partial charge on any atom is 0.301 e. The van der Waals surface area contributed by atoms with Gasteiger partial charge >= 0.3 is 6.08 Å². The first kappa shape index (κ1) is 18.9. The molecule has 4 nitrogen and oxygen atoms in total. The quantitative estimate of drug-likeness (QED) is 0.439. The van der Waals surface area contributed by atoms with Gasteiger partial charge in [0.2, 0.25) is 11.0 Å². The number of hydrogen-bond acceptors (Lipinski definition) is 5. The first-order chi connectivity index (χ1) is 11.4. The smallest absolute Gasteiger partial charge is 0.274 e. The first-order valence-electron chi connectivity index (χ1n) is 6.60. The van der Waals surface area contributed by atoms with Crippen molar-refractivity contribution in [1.29, 1.82) is 0 Å². The van der Waals surface area contributed by atoms with Crippen LogP contribution in [0.25, 0.3) is 0 Å². The molecule has 0 aliphatic heterocycles. The highest BCUT2D eigenvalue weighted by molar-refractivity contribution is 9.10. The van der Waals surface area contributed by atoms with Crippen LogP contribution in [0.15, 0.2) is 45.0 Å². The molecule has 0 atom stereocenters. The molecule has 0 saturated heterocycles. The summed E-state index contributed by atoms with van der Waals surface area (Å²) in [5.74, 6) is -1.55. The molecule has 0 spiro atoms. The molecule has 2 aromatic rings. The van der Waals surface area contributed by atoms with Crippen LogP contribution >= 0.6 is 39.0 Å². The number of aromatic nitrogens is 2. The number of halogens is 4. The van der Waals surface area contributed by atoms with E-state index in [1.54, 1.807) is 24.3 Å². The van der Waals surface area contributed by atoms with Gasteiger partial charge in [0.25, 0.3) is 0 Å². The van der Waals surface area contributed by atoms with Crippen LogP contribution in [0.5, 0.6) is 0 Å². The first-order valence-corrected chi connectivity index (χ1v) is 9.20. The van der Waals surface area contributed by atoms with Crippen molar-refractivity contribution in [3.05, 3.63) is 40.6 Å². The molecule has 1 aromatic carbocycles. The highest BCUT2D eigenvalue weighted by Gasteiger charge is 2.19. The second-order valence-corrected chi connectivity index (χ2v) is 7.66. The molecule has 128 valence electrons. The van der Waals surface area contributed by atoms with E-state index in [1.165, 1.54) is 11.8 Å². The van der Waals surface area contributed by atoms with Gasteiger partial charge in [-0.2, -0.15) is 8.78 Å². The lowest BCUT2D eigenvalue weighted by molar-refractivity contribution is -0.115. The van der Waals surface area contributed by atoms with E-state index >= 15 is 0 Å². The third-order valence-corrected chi connectivity index (χ3v) is 5.31. The summed E-state index contributed by atoms with van der Waals surface area (Å²) in [6.45, 7) is 1.40. The normalized spacial score (nSPS) is 10.5. The van der Waals surface area contributed by atoms with Crippen molar-refractivity contribution in [3.63, 3.8) is 0 Å². The highest BCUT2D eigenvalue weighted by Crippen LogP contribution is 2.33. The van der Waals surface area contributed by atoms with E-state index in [-0.39, 0.29) is 18.1 Å². The van der Waals surface area contributed by atoms with Gasteiger partial charge in [-0.05, 0) is 24.3 Å². The molecule has 24 heavy (non-hydrogen) atoms. The van der Waals surface area contributed by atoms with E-state index in [2.05, 4.69) is 26.1 Å². The summed E-state index contributed by atoms with van der Waals surface area (Å²) < 4.78 is 38.1. The molecule has 0 aliphatic carbocycles. The molecule has 0 fully saturated rings. The van der Waals surface area contributed by atoms with Gasteiger partial charge in [0.05, 0.1) is 5.69 Å². The minimum Gasteiger partial charge on any atom is -0.274 e. The van der Waals surface area contributed by atoms with Crippen molar-refractivity contribution in [2.24, 2.45) is 0 Å². The van der Waals surface area contributed by atoms with Crippen LogP contribution in [0.2, 0.25) is 0 Å². The molecular weight excluding hydrogens is 427 g/mol. The Hall–Kier alpha value is -1.39. The Morgan fingerprint density at radius 1 is 1.25 bits per heavy atom. The predicted molar refractivity (Wildman–Crippen MR) is 92.6 cm³/mol. The maximum atomic E-state index is 12.7. The largest absolute Gasteiger partial charge is 0.301 e. The molecule has 2 rings (SSSR count). The second kappa shape index (κ2) is 8.63. The molecule has 0 aliphatic rings. The number of rotatable bonds is 6. The van der Waals surface area contributed by atoms with Crippen LogP contribution in [-0.2, 0) is 4.79 Å². The van der Waals surface area contributed by atoms with Gasteiger partial charge in [0.15, 0.2) is 10.2 Å². The van der Waals surface area contributed by atoms with Crippen LogP contribution in [0, 0.1) is 0 Å². The molecule has 0 unspecified atom stereocenters. The number of anilines is 2. The van der Waals surface area contributed by atoms with Crippen LogP contribution in [0.1, 0.15) is 13.3 Å². The van der Waals surface area contributed by atoms with Crippen molar-refractivity contribution >= 4 is 55.8 Å². The van der Waals surface area contributed by atoms with Gasteiger partial charge in [-0.25, -0.2) is 4.39 Å². The lowest BCUT2D eigenvalue weighted by atomic mass is 10.3. The van der Waals surface area contributed by atoms with Crippen LogP contribution in [0.4, 0.5) is 24.0 Å². The average Bonchev–Trinajstić information content (AvgIpc) is 2.97. The van der Waals surface area contributed by atoms with Crippen molar-refractivity contribution in [3.8, 4) is 0 Å². The van der Waals surface area contributed by atoms with Crippen molar-refractivity contribution in [1.82, 2.24) is 10.2 Å². The molecule has 1 aromatic heterocycles. The third-order valence-electron chi connectivity index (χ3n) is 2.74. The lowest BCUT2D eigenvalue weighted by Crippen LogP contribution is -2.22. The summed E-state index contributed by atoms with van der Waals surface area (Å²) in [7, 11) is 0. The number of allylic oxidation sites excluding steroid dienone is 1. The molecule has 1 heterocycles. The number of nitrogens with zero attached hydrogens (tertiary/aromatic N) is 3. The Bertz CT molecular complexity index is 748. The van der Waals surface area contributed by atoms with Crippen molar-refractivity contribution < 1.29 is 18.0 Å². The highest BCUT2D eigenvalue weighted by atomic mass is 79.9. The van der Waals surface area contributed by atoms with E-state index in [4.69, 9.17) is 0 Å². The molecule has 1 amide bonds. The third kappa shape index (κ3) is 5.05. The van der Waals surface area contributed by atoms with Gasteiger partial charge in [-0.3, -0.25) is 9.69 Å². The molecule has 10 heteroatoms. The summed E-state index contributed by atoms with van der Waals surface area (Å²) >= 11 is 5.56. The monoisotopic (exact) mass is 437 g/mol. The van der Waals surface area contributed by atoms with Gasteiger partial charge < -0.3 is 0 Å². The van der Waals surface area contributed by atoms with Crippen LogP contribution in [-0.4, -0.2) is 21.9 Å². The Kier molecular flexibility index (Phi) is 6.81. The number of carbonyl (C=O) groups is 1. The van der Waals surface area contributed by atoms with E-state index < -0.39 is 11.9 Å². The zero-order valence-corrected chi connectivity index (χ0v) is 15.5. The summed E-state index contributed by atoms with van der Waals surface area (Å²) in [4.78, 5) is 13.3. The average molecular weight is 438 g/mol. The second-order valence-electron chi connectivity index (χ2n) is 4.45.